The largest absolute Gasteiger partial charge is 0.507 e. The number of hydrogen-bond acceptors (Lipinski definition) is 3. The minimum absolute atomic E-state index is 0.110. The number of carbonyl (C=O) groups excluding carboxylic acids is 1. The Labute approximate surface area is 194 Å². The molecule has 3 heteroatoms. The van der Waals surface area contributed by atoms with Crippen molar-refractivity contribution in [3.8, 4) is 11.5 Å². The Morgan fingerprint density at radius 2 is 1.47 bits per heavy atom. The van der Waals surface area contributed by atoms with Gasteiger partial charge in [0, 0.05) is 23.1 Å². The lowest BCUT2D eigenvalue weighted by atomic mass is 9.85. The van der Waals surface area contributed by atoms with Gasteiger partial charge >= 0.3 is 5.97 Å². The van der Waals surface area contributed by atoms with E-state index in [2.05, 4.69) is 65.5 Å². The summed E-state index contributed by atoms with van der Waals surface area (Å²) in [5, 5.41) is 11.2. The first kappa shape index (κ1) is 25.7. The second-order valence-corrected chi connectivity index (χ2v) is 8.63. The zero-order chi connectivity index (χ0) is 23.7. The summed E-state index contributed by atoms with van der Waals surface area (Å²) in [4.78, 5) is 12.2. The molecule has 174 valence electrons. The molecular weight excluding hydrogens is 396 g/mol. The van der Waals surface area contributed by atoms with Crippen molar-refractivity contribution in [3.63, 3.8) is 0 Å². The van der Waals surface area contributed by atoms with Gasteiger partial charge in [0.25, 0.3) is 0 Å². The molecule has 3 nitrogen and oxygen atoms in total. The van der Waals surface area contributed by atoms with Crippen LogP contribution in [-0.4, -0.2) is 11.1 Å². The lowest BCUT2D eigenvalue weighted by Gasteiger charge is -2.23. The molecule has 0 aliphatic carbocycles. The molecule has 0 heterocycles. The predicted octanol–water partition coefficient (Wildman–Crippen LogP) is 7.45. The molecule has 0 radical (unpaired) electrons. The Morgan fingerprint density at radius 1 is 0.938 bits per heavy atom. The van der Waals surface area contributed by atoms with Crippen LogP contribution in [0.1, 0.15) is 99.6 Å². The average molecular weight is 437 g/mol. The maximum absolute atomic E-state index is 12.2. The zero-order valence-corrected chi connectivity index (χ0v) is 20.6. The van der Waals surface area contributed by atoms with Crippen molar-refractivity contribution in [2.75, 3.05) is 0 Å². The molecular formula is C29H40O3. The second-order valence-electron chi connectivity index (χ2n) is 8.63. The molecule has 0 bridgehead atoms. The van der Waals surface area contributed by atoms with Gasteiger partial charge < -0.3 is 9.84 Å². The Balaban J connectivity index is 2.68. The summed E-state index contributed by atoms with van der Waals surface area (Å²) in [6.07, 6.45) is 8.96. The van der Waals surface area contributed by atoms with E-state index in [1.807, 2.05) is 0 Å². The highest BCUT2D eigenvalue weighted by Gasteiger charge is 2.23. The molecule has 1 atom stereocenters. The molecule has 0 aromatic heterocycles. The molecule has 0 fully saturated rings. The number of esters is 1. The predicted molar refractivity (Wildman–Crippen MR) is 134 cm³/mol. The molecule has 0 aliphatic rings. The number of hydrogen-bond donors (Lipinski definition) is 1. The Morgan fingerprint density at radius 3 is 2.00 bits per heavy atom. The van der Waals surface area contributed by atoms with E-state index in [0.29, 0.717) is 11.5 Å². The first-order valence-electron chi connectivity index (χ1n) is 12.2. The first-order chi connectivity index (χ1) is 15.4. The summed E-state index contributed by atoms with van der Waals surface area (Å²) in [5.74, 6) is 0.447. The summed E-state index contributed by atoms with van der Waals surface area (Å²) >= 11 is 0. The van der Waals surface area contributed by atoms with Gasteiger partial charge in [-0.05, 0) is 60.8 Å². The number of phenolic OH excluding ortho intramolecular Hbond substituents is 1. The molecule has 0 amide bonds. The van der Waals surface area contributed by atoms with Crippen LogP contribution in [0.4, 0.5) is 0 Å². The van der Waals surface area contributed by atoms with E-state index in [-0.39, 0.29) is 5.92 Å². The van der Waals surface area contributed by atoms with Crippen LogP contribution in [0.5, 0.6) is 11.5 Å². The highest BCUT2D eigenvalue weighted by Crippen LogP contribution is 2.41. The summed E-state index contributed by atoms with van der Waals surface area (Å²) in [6, 6.07) is 8.54. The highest BCUT2D eigenvalue weighted by molar-refractivity contribution is 5.84. The van der Waals surface area contributed by atoms with Gasteiger partial charge in [0.1, 0.15) is 11.5 Å². The zero-order valence-electron chi connectivity index (χ0n) is 20.6. The minimum Gasteiger partial charge on any atom is -0.507 e. The standard InChI is InChI=1S/C29H40O3/c1-7-12-14-23-16-21(9-3)18-25(28(23)31)20(6)26-19-22(10-4)17-24(15-13-8-2)29(26)32-27(30)11-5/h11,16-20,31H,5,7-10,12-15H2,1-4,6H3. The number of benzene rings is 2. The smallest absolute Gasteiger partial charge is 0.335 e. The Bertz CT molecular complexity index is 926. The maximum atomic E-state index is 12.2. The summed E-state index contributed by atoms with van der Waals surface area (Å²) in [5.41, 5.74) is 6.36. The molecule has 0 saturated carbocycles. The van der Waals surface area contributed by atoms with E-state index in [1.54, 1.807) is 0 Å². The average Bonchev–Trinajstić information content (AvgIpc) is 2.81. The van der Waals surface area contributed by atoms with Gasteiger partial charge in [-0.3, -0.25) is 0 Å². The van der Waals surface area contributed by atoms with Crippen LogP contribution in [0, 0.1) is 0 Å². The summed E-state index contributed by atoms with van der Waals surface area (Å²) in [7, 11) is 0. The Kier molecular flexibility index (Phi) is 10.0. The third-order valence-corrected chi connectivity index (χ3v) is 6.25. The quantitative estimate of drug-likeness (QED) is 0.213. The fourth-order valence-electron chi connectivity index (χ4n) is 4.17. The highest BCUT2D eigenvalue weighted by atomic mass is 16.5. The van der Waals surface area contributed by atoms with E-state index < -0.39 is 5.97 Å². The monoisotopic (exact) mass is 436 g/mol. The molecule has 0 aliphatic heterocycles. The Hall–Kier alpha value is -2.55. The van der Waals surface area contributed by atoms with Crippen LogP contribution < -0.4 is 4.74 Å². The second kappa shape index (κ2) is 12.5. The molecule has 0 spiro atoms. The molecule has 1 N–H and O–H groups in total. The van der Waals surface area contributed by atoms with Crippen molar-refractivity contribution in [1.29, 1.82) is 0 Å². The van der Waals surface area contributed by atoms with Crippen LogP contribution in [-0.2, 0) is 30.5 Å². The van der Waals surface area contributed by atoms with Crippen molar-refractivity contribution in [2.24, 2.45) is 0 Å². The lowest BCUT2D eigenvalue weighted by molar-refractivity contribution is -0.129. The number of rotatable bonds is 12. The van der Waals surface area contributed by atoms with Gasteiger partial charge in [0.15, 0.2) is 0 Å². The number of ether oxygens (including phenoxy) is 1. The van der Waals surface area contributed by atoms with Gasteiger partial charge in [-0.1, -0.05) is 78.3 Å². The van der Waals surface area contributed by atoms with Crippen molar-refractivity contribution in [1.82, 2.24) is 0 Å². The molecule has 2 aromatic carbocycles. The third-order valence-electron chi connectivity index (χ3n) is 6.25. The summed E-state index contributed by atoms with van der Waals surface area (Å²) < 4.78 is 5.82. The van der Waals surface area contributed by atoms with Gasteiger partial charge in [-0.15, -0.1) is 0 Å². The number of phenols is 1. The van der Waals surface area contributed by atoms with Crippen LogP contribution in [0.25, 0.3) is 0 Å². The molecule has 0 saturated heterocycles. The molecule has 2 aromatic rings. The van der Waals surface area contributed by atoms with Crippen molar-refractivity contribution >= 4 is 5.97 Å². The fraction of sp³-hybridized carbons (Fsp3) is 0.483. The fourth-order valence-corrected chi connectivity index (χ4v) is 4.17. The normalized spacial score (nSPS) is 11.9. The molecule has 1 unspecified atom stereocenters. The SMILES string of the molecule is C=CC(=O)Oc1c(CCCC)cc(CC)cc1C(C)c1cc(CC)cc(CCCC)c1O. The van der Waals surface area contributed by atoms with Gasteiger partial charge in [-0.25, -0.2) is 4.79 Å². The van der Waals surface area contributed by atoms with E-state index in [4.69, 9.17) is 4.74 Å². The van der Waals surface area contributed by atoms with Crippen LogP contribution in [0.2, 0.25) is 0 Å². The number of aryl methyl sites for hydroxylation is 4. The lowest BCUT2D eigenvalue weighted by Crippen LogP contribution is -2.11. The van der Waals surface area contributed by atoms with Crippen molar-refractivity contribution < 1.29 is 14.6 Å². The number of carbonyl (C=O) groups is 1. The van der Waals surface area contributed by atoms with Crippen LogP contribution in [0.3, 0.4) is 0 Å². The van der Waals surface area contributed by atoms with Crippen LogP contribution in [0.15, 0.2) is 36.9 Å². The van der Waals surface area contributed by atoms with Crippen molar-refractivity contribution in [2.45, 2.75) is 91.9 Å². The van der Waals surface area contributed by atoms with E-state index >= 15 is 0 Å². The minimum atomic E-state index is -0.449. The van der Waals surface area contributed by atoms with Crippen LogP contribution >= 0.6 is 0 Å². The van der Waals surface area contributed by atoms with Crippen molar-refractivity contribution in [3.05, 3.63) is 70.3 Å². The number of aromatic hydroxyl groups is 1. The summed E-state index contributed by atoms with van der Waals surface area (Å²) in [6.45, 7) is 14.3. The number of unbranched alkanes of at least 4 members (excludes halogenated alkanes) is 2. The molecule has 2 rings (SSSR count). The maximum Gasteiger partial charge on any atom is 0.335 e. The van der Waals surface area contributed by atoms with Gasteiger partial charge in [-0.2, -0.15) is 0 Å². The topological polar surface area (TPSA) is 46.5 Å². The van der Waals surface area contributed by atoms with E-state index in [0.717, 1.165) is 73.6 Å². The third kappa shape index (κ3) is 6.25. The van der Waals surface area contributed by atoms with E-state index in [9.17, 15) is 9.90 Å². The molecule has 32 heavy (non-hydrogen) atoms. The van der Waals surface area contributed by atoms with Gasteiger partial charge in [0.05, 0.1) is 0 Å². The van der Waals surface area contributed by atoms with Gasteiger partial charge in [0.2, 0.25) is 0 Å². The first-order valence-corrected chi connectivity index (χ1v) is 12.2. The van der Waals surface area contributed by atoms with E-state index in [1.165, 1.54) is 17.2 Å².